The van der Waals surface area contributed by atoms with Crippen LogP contribution < -0.4 is 0 Å². The Kier molecular flexibility index (Phi) is 3.34. The highest BCUT2D eigenvalue weighted by Gasteiger charge is 2.09. The third-order valence-corrected chi connectivity index (χ3v) is 4.19. The number of hydrogen-bond acceptors (Lipinski definition) is 3. The number of aliphatic hydroxyl groups is 1. The van der Waals surface area contributed by atoms with Gasteiger partial charge < -0.3 is 5.11 Å². The molecule has 0 saturated carbocycles. The van der Waals surface area contributed by atoms with Crippen LogP contribution in [0.15, 0.2) is 49.0 Å². The number of aromatic nitrogens is 1. The Bertz CT molecular complexity index is 777. The Morgan fingerprint density at radius 3 is 2.65 bits per heavy atom. The summed E-state index contributed by atoms with van der Waals surface area (Å²) in [6.45, 7) is 4.08. The van der Waals surface area contributed by atoms with Crippen LogP contribution in [-0.4, -0.2) is 10.1 Å². The summed E-state index contributed by atoms with van der Waals surface area (Å²) in [6.07, 6.45) is 0. The molecule has 0 spiro atoms. The normalized spacial score (nSPS) is 10.9. The molecule has 2 nitrogen and oxygen atoms in total. The van der Waals surface area contributed by atoms with Gasteiger partial charge in [0.15, 0.2) is 0 Å². The van der Waals surface area contributed by atoms with Gasteiger partial charge in [0.05, 0.1) is 16.8 Å². The zero-order chi connectivity index (χ0) is 14.1. The van der Waals surface area contributed by atoms with Gasteiger partial charge in [-0.1, -0.05) is 30.8 Å². The summed E-state index contributed by atoms with van der Waals surface area (Å²) in [4.78, 5) is 4.42. The van der Waals surface area contributed by atoms with Crippen molar-refractivity contribution in [2.24, 2.45) is 0 Å². The first kappa shape index (κ1) is 13.0. The molecule has 0 bridgehead atoms. The predicted molar refractivity (Wildman–Crippen MR) is 80.1 cm³/mol. The van der Waals surface area contributed by atoms with Crippen molar-refractivity contribution in [3.8, 4) is 0 Å². The van der Waals surface area contributed by atoms with Crippen LogP contribution in [-0.2, 0) is 6.61 Å². The molecule has 1 aromatic heterocycles. The lowest BCUT2D eigenvalue weighted by atomic mass is 10.1. The lowest BCUT2D eigenvalue weighted by Crippen LogP contribution is -1.87. The van der Waals surface area contributed by atoms with Crippen LogP contribution in [0.2, 0.25) is 0 Å². The van der Waals surface area contributed by atoms with Gasteiger partial charge in [0.1, 0.15) is 10.8 Å². The highest BCUT2D eigenvalue weighted by molar-refractivity contribution is 7.19. The highest BCUT2D eigenvalue weighted by Crippen LogP contribution is 2.30. The van der Waals surface area contributed by atoms with E-state index in [1.165, 1.54) is 23.5 Å². The van der Waals surface area contributed by atoms with Crippen LogP contribution in [0.5, 0.6) is 0 Å². The lowest BCUT2D eigenvalue weighted by molar-refractivity contribution is 0.282. The van der Waals surface area contributed by atoms with E-state index in [0.29, 0.717) is 5.52 Å². The smallest absolute Gasteiger partial charge is 0.125 e. The van der Waals surface area contributed by atoms with Gasteiger partial charge in [-0.05, 0) is 23.3 Å². The molecule has 0 aliphatic carbocycles. The Hall–Kier alpha value is -2.04. The SMILES string of the molecule is C=C(c1ccc(CO)cc1)c1nc2cc(F)ccc2s1. The number of nitrogens with zero attached hydrogens (tertiary/aromatic N) is 1. The van der Waals surface area contributed by atoms with Crippen molar-refractivity contribution in [2.45, 2.75) is 6.61 Å². The van der Waals surface area contributed by atoms with Crippen molar-refractivity contribution in [3.05, 3.63) is 71.0 Å². The Balaban J connectivity index is 1.98. The molecule has 20 heavy (non-hydrogen) atoms. The molecule has 0 atom stereocenters. The van der Waals surface area contributed by atoms with Gasteiger partial charge in [0, 0.05) is 11.6 Å². The molecule has 0 unspecified atom stereocenters. The minimum absolute atomic E-state index is 0.0210. The number of aliphatic hydroxyl groups excluding tert-OH is 1. The molecule has 0 aliphatic rings. The monoisotopic (exact) mass is 285 g/mol. The summed E-state index contributed by atoms with van der Waals surface area (Å²) in [5, 5.41) is 9.82. The fraction of sp³-hybridized carbons (Fsp3) is 0.0625. The summed E-state index contributed by atoms with van der Waals surface area (Å²) >= 11 is 1.49. The minimum Gasteiger partial charge on any atom is -0.392 e. The van der Waals surface area contributed by atoms with E-state index in [-0.39, 0.29) is 12.4 Å². The fourth-order valence-electron chi connectivity index (χ4n) is 1.96. The molecule has 3 aromatic rings. The van der Waals surface area contributed by atoms with Gasteiger partial charge in [-0.25, -0.2) is 9.37 Å². The topological polar surface area (TPSA) is 33.1 Å². The molecule has 1 N–H and O–H groups in total. The van der Waals surface area contributed by atoms with E-state index in [4.69, 9.17) is 5.11 Å². The number of fused-ring (bicyclic) bond motifs is 1. The summed E-state index contributed by atoms with van der Waals surface area (Å²) < 4.78 is 14.1. The third-order valence-electron chi connectivity index (χ3n) is 3.09. The average Bonchev–Trinajstić information content (AvgIpc) is 2.89. The van der Waals surface area contributed by atoms with Gasteiger partial charge in [-0.2, -0.15) is 0 Å². The van der Waals surface area contributed by atoms with E-state index in [9.17, 15) is 4.39 Å². The first-order chi connectivity index (χ1) is 9.67. The molecule has 3 rings (SSSR count). The Labute approximate surface area is 119 Å². The van der Waals surface area contributed by atoms with E-state index in [0.717, 1.165) is 26.4 Å². The van der Waals surface area contributed by atoms with Crippen molar-refractivity contribution >= 4 is 27.1 Å². The number of thiazole rings is 1. The minimum atomic E-state index is -0.285. The zero-order valence-corrected chi connectivity index (χ0v) is 11.5. The van der Waals surface area contributed by atoms with E-state index in [1.807, 2.05) is 24.3 Å². The molecule has 0 fully saturated rings. The molecule has 4 heteroatoms. The van der Waals surface area contributed by atoms with Gasteiger partial charge in [0.2, 0.25) is 0 Å². The quantitative estimate of drug-likeness (QED) is 0.789. The fourth-order valence-corrected chi connectivity index (χ4v) is 2.90. The van der Waals surface area contributed by atoms with Gasteiger partial charge in [-0.3, -0.25) is 0 Å². The average molecular weight is 285 g/mol. The number of hydrogen-bond donors (Lipinski definition) is 1. The van der Waals surface area contributed by atoms with Crippen LogP contribution >= 0.6 is 11.3 Å². The van der Waals surface area contributed by atoms with E-state index in [2.05, 4.69) is 11.6 Å². The maximum Gasteiger partial charge on any atom is 0.125 e. The maximum absolute atomic E-state index is 13.2. The van der Waals surface area contributed by atoms with Gasteiger partial charge >= 0.3 is 0 Å². The molecular weight excluding hydrogens is 273 g/mol. The molecule has 100 valence electrons. The lowest BCUT2D eigenvalue weighted by Gasteiger charge is -2.03. The Morgan fingerprint density at radius 2 is 1.95 bits per heavy atom. The van der Waals surface area contributed by atoms with Crippen LogP contribution in [0.25, 0.3) is 15.8 Å². The summed E-state index contributed by atoms with van der Waals surface area (Å²) in [5.74, 6) is -0.285. The summed E-state index contributed by atoms with van der Waals surface area (Å²) in [7, 11) is 0. The zero-order valence-electron chi connectivity index (χ0n) is 10.6. The van der Waals surface area contributed by atoms with E-state index in [1.54, 1.807) is 6.07 Å². The molecule has 0 radical (unpaired) electrons. The van der Waals surface area contributed by atoms with Crippen LogP contribution in [0, 0.1) is 5.82 Å². The molecule has 2 aromatic carbocycles. The Morgan fingerprint density at radius 1 is 1.20 bits per heavy atom. The van der Waals surface area contributed by atoms with Crippen LogP contribution in [0.3, 0.4) is 0 Å². The molecule has 1 heterocycles. The first-order valence-electron chi connectivity index (χ1n) is 6.13. The van der Waals surface area contributed by atoms with E-state index < -0.39 is 0 Å². The number of rotatable bonds is 3. The second-order valence-electron chi connectivity index (χ2n) is 4.46. The largest absolute Gasteiger partial charge is 0.392 e. The molecular formula is C16H12FNOS. The van der Waals surface area contributed by atoms with Crippen molar-refractivity contribution in [1.82, 2.24) is 4.98 Å². The van der Waals surface area contributed by atoms with Crippen LogP contribution in [0.1, 0.15) is 16.1 Å². The summed E-state index contributed by atoms with van der Waals surface area (Å²) in [6, 6.07) is 12.1. The molecule has 0 amide bonds. The van der Waals surface area contributed by atoms with Gasteiger partial charge in [-0.15, -0.1) is 11.3 Å². The van der Waals surface area contributed by atoms with Crippen molar-refractivity contribution in [1.29, 1.82) is 0 Å². The second kappa shape index (κ2) is 5.15. The van der Waals surface area contributed by atoms with Crippen molar-refractivity contribution in [2.75, 3.05) is 0 Å². The highest BCUT2D eigenvalue weighted by atomic mass is 32.1. The van der Waals surface area contributed by atoms with Crippen molar-refractivity contribution in [3.63, 3.8) is 0 Å². The first-order valence-corrected chi connectivity index (χ1v) is 6.94. The maximum atomic E-state index is 13.2. The molecule has 0 saturated heterocycles. The number of halogens is 1. The van der Waals surface area contributed by atoms with Crippen molar-refractivity contribution < 1.29 is 9.50 Å². The standard InChI is InChI=1S/C16H12FNOS/c1-10(12-4-2-11(9-19)3-5-12)16-18-14-8-13(17)6-7-15(14)20-16/h2-8,19H,1,9H2. The second-order valence-corrected chi connectivity index (χ2v) is 5.50. The number of benzene rings is 2. The van der Waals surface area contributed by atoms with Crippen LogP contribution in [0.4, 0.5) is 4.39 Å². The molecule has 0 aliphatic heterocycles. The summed E-state index contributed by atoms with van der Waals surface area (Å²) in [5.41, 5.74) is 3.25. The van der Waals surface area contributed by atoms with E-state index >= 15 is 0 Å². The third kappa shape index (κ3) is 2.35. The van der Waals surface area contributed by atoms with Gasteiger partial charge in [0.25, 0.3) is 0 Å². The predicted octanol–water partition coefficient (Wildman–Crippen LogP) is 3.99.